The predicted octanol–water partition coefficient (Wildman–Crippen LogP) is 2.09. The van der Waals surface area contributed by atoms with E-state index in [1.807, 2.05) is 0 Å². The number of carbonyl (C=O) groups is 1. The minimum atomic E-state index is -0.279. The Balaban J connectivity index is 1.77. The van der Waals surface area contributed by atoms with Gasteiger partial charge in [-0.25, -0.2) is 14.4 Å². The molecule has 0 radical (unpaired) electrons. The molecule has 0 saturated carbocycles. The van der Waals surface area contributed by atoms with Crippen LogP contribution in [0.1, 0.15) is 21.6 Å². The van der Waals surface area contributed by atoms with Gasteiger partial charge in [0.05, 0.1) is 12.1 Å². The lowest BCUT2D eigenvalue weighted by Crippen LogP contribution is -2.06. The first kappa shape index (κ1) is 13.1. The molecule has 6 heteroatoms. The van der Waals surface area contributed by atoms with Crippen molar-refractivity contribution in [2.24, 2.45) is 0 Å². The molecule has 3 aromatic rings. The summed E-state index contributed by atoms with van der Waals surface area (Å²) in [7, 11) is 0. The second kappa shape index (κ2) is 5.62. The van der Waals surface area contributed by atoms with Crippen LogP contribution in [-0.4, -0.2) is 25.5 Å². The van der Waals surface area contributed by atoms with Crippen molar-refractivity contribution >= 4 is 5.78 Å². The van der Waals surface area contributed by atoms with Gasteiger partial charge in [-0.15, -0.1) is 0 Å². The third-order valence-corrected chi connectivity index (χ3v) is 2.95. The Labute approximate surface area is 120 Å². The van der Waals surface area contributed by atoms with Crippen LogP contribution in [0.3, 0.4) is 0 Å². The molecule has 104 valence electrons. The molecule has 0 atom stereocenters. The summed E-state index contributed by atoms with van der Waals surface area (Å²) in [5.41, 5.74) is 1.62. The molecule has 0 aliphatic rings. The van der Waals surface area contributed by atoms with Crippen molar-refractivity contribution in [1.29, 1.82) is 0 Å². The van der Waals surface area contributed by atoms with E-state index in [-0.39, 0.29) is 11.6 Å². The second-order valence-corrected chi connectivity index (χ2v) is 4.48. The van der Waals surface area contributed by atoms with Crippen LogP contribution in [0, 0.1) is 5.82 Å². The molecule has 0 spiro atoms. The minimum absolute atomic E-state index is 0.228. The monoisotopic (exact) mass is 282 g/mol. The highest BCUT2D eigenvalue weighted by molar-refractivity contribution is 6.07. The van der Waals surface area contributed by atoms with Crippen LogP contribution in [-0.2, 0) is 6.54 Å². The van der Waals surface area contributed by atoms with Crippen LogP contribution in [0.2, 0.25) is 0 Å². The summed E-state index contributed by atoms with van der Waals surface area (Å²) in [6, 6.07) is 7.80. The number of benzene rings is 1. The van der Waals surface area contributed by atoms with Crippen molar-refractivity contribution in [1.82, 2.24) is 19.7 Å². The molecule has 5 nitrogen and oxygen atoms in total. The van der Waals surface area contributed by atoms with Crippen molar-refractivity contribution in [3.63, 3.8) is 0 Å². The average molecular weight is 282 g/mol. The molecule has 2 heterocycles. The van der Waals surface area contributed by atoms with Crippen LogP contribution in [0.4, 0.5) is 4.39 Å². The van der Waals surface area contributed by atoms with E-state index in [2.05, 4.69) is 15.1 Å². The van der Waals surface area contributed by atoms with E-state index in [0.29, 0.717) is 17.8 Å². The largest absolute Gasteiger partial charge is 0.287 e. The Morgan fingerprint density at radius 1 is 1.10 bits per heavy atom. The Morgan fingerprint density at radius 3 is 2.52 bits per heavy atom. The van der Waals surface area contributed by atoms with Gasteiger partial charge in [-0.1, -0.05) is 12.1 Å². The fraction of sp³-hybridized carbons (Fsp3) is 0.0667. The Kier molecular flexibility index (Phi) is 3.51. The maximum absolute atomic E-state index is 12.8. The maximum atomic E-state index is 12.8. The third-order valence-electron chi connectivity index (χ3n) is 2.95. The van der Waals surface area contributed by atoms with Gasteiger partial charge in [0.1, 0.15) is 17.8 Å². The van der Waals surface area contributed by atoms with Crippen LogP contribution in [0.25, 0.3) is 0 Å². The van der Waals surface area contributed by atoms with E-state index >= 15 is 0 Å². The number of ketones is 1. The fourth-order valence-electron chi connectivity index (χ4n) is 1.91. The van der Waals surface area contributed by atoms with Crippen molar-refractivity contribution in [3.05, 3.63) is 77.9 Å². The smallest absolute Gasteiger partial charge is 0.216 e. The lowest BCUT2D eigenvalue weighted by atomic mass is 10.2. The summed E-state index contributed by atoms with van der Waals surface area (Å²) in [6.45, 7) is 0.471. The Bertz CT molecular complexity index is 753. The number of nitrogens with zero attached hydrogens (tertiary/aromatic N) is 4. The van der Waals surface area contributed by atoms with Gasteiger partial charge in [-0.2, -0.15) is 5.10 Å². The minimum Gasteiger partial charge on any atom is -0.287 e. The molecule has 3 rings (SSSR count). The van der Waals surface area contributed by atoms with Crippen molar-refractivity contribution in [3.8, 4) is 0 Å². The van der Waals surface area contributed by atoms with Crippen LogP contribution in [0.5, 0.6) is 0 Å². The highest BCUT2D eigenvalue weighted by Crippen LogP contribution is 2.08. The van der Waals surface area contributed by atoms with E-state index in [4.69, 9.17) is 0 Å². The summed E-state index contributed by atoms with van der Waals surface area (Å²) in [6.07, 6.45) is 5.98. The fourth-order valence-corrected chi connectivity index (χ4v) is 1.91. The number of hydrogen-bond acceptors (Lipinski definition) is 4. The molecule has 2 aromatic heterocycles. The van der Waals surface area contributed by atoms with Gasteiger partial charge in [0, 0.05) is 18.6 Å². The molecule has 0 N–H and O–H groups in total. The second-order valence-electron chi connectivity index (χ2n) is 4.48. The molecule has 0 aliphatic heterocycles. The molecule has 0 amide bonds. The molecule has 1 aromatic carbocycles. The number of carbonyl (C=O) groups excluding carboxylic acids is 1. The first-order chi connectivity index (χ1) is 10.2. The van der Waals surface area contributed by atoms with E-state index in [1.54, 1.807) is 29.1 Å². The van der Waals surface area contributed by atoms with Crippen LogP contribution >= 0.6 is 0 Å². The van der Waals surface area contributed by atoms with Gasteiger partial charge in [-0.3, -0.25) is 9.48 Å². The van der Waals surface area contributed by atoms with Crippen LogP contribution in [0.15, 0.2) is 55.2 Å². The lowest BCUT2D eigenvalue weighted by molar-refractivity contribution is 0.103. The van der Waals surface area contributed by atoms with E-state index in [1.165, 1.54) is 30.9 Å². The molecule has 0 fully saturated rings. The van der Waals surface area contributed by atoms with Gasteiger partial charge in [0.15, 0.2) is 0 Å². The highest BCUT2D eigenvalue weighted by atomic mass is 19.1. The summed E-state index contributed by atoms with van der Waals surface area (Å²) < 4.78 is 14.5. The van der Waals surface area contributed by atoms with Crippen molar-refractivity contribution in [2.45, 2.75) is 6.54 Å². The quantitative estimate of drug-likeness (QED) is 0.687. The van der Waals surface area contributed by atoms with E-state index < -0.39 is 0 Å². The molecular formula is C15H11FN4O. The Hall–Kier alpha value is -2.89. The summed E-state index contributed by atoms with van der Waals surface area (Å²) in [4.78, 5) is 19.8. The van der Waals surface area contributed by atoms with Gasteiger partial charge >= 0.3 is 0 Å². The number of hydrogen-bond donors (Lipinski definition) is 0. The lowest BCUT2D eigenvalue weighted by Gasteiger charge is -2.01. The van der Waals surface area contributed by atoms with E-state index in [9.17, 15) is 9.18 Å². The van der Waals surface area contributed by atoms with Crippen molar-refractivity contribution < 1.29 is 9.18 Å². The summed E-state index contributed by atoms with van der Waals surface area (Å²) in [5, 5.41) is 4.22. The van der Waals surface area contributed by atoms with Gasteiger partial charge in [0.25, 0.3) is 0 Å². The molecular weight excluding hydrogens is 271 g/mol. The average Bonchev–Trinajstić information content (AvgIpc) is 2.98. The molecule has 21 heavy (non-hydrogen) atoms. The first-order valence-electron chi connectivity index (χ1n) is 6.30. The van der Waals surface area contributed by atoms with E-state index in [0.717, 1.165) is 5.56 Å². The predicted molar refractivity (Wildman–Crippen MR) is 73.2 cm³/mol. The van der Waals surface area contributed by atoms with Gasteiger partial charge in [0.2, 0.25) is 5.78 Å². The molecule has 0 aliphatic carbocycles. The normalized spacial score (nSPS) is 10.5. The van der Waals surface area contributed by atoms with Crippen LogP contribution < -0.4 is 0 Å². The number of halogens is 1. The molecule has 0 unspecified atom stereocenters. The van der Waals surface area contributed by atoms with Crippen molar-refractivity contribution in [2.75, 3.05) is 0 Å². The summed E-state index contributed by atoms with van der Waals surface area (Å²) in [5.74, 6) is -0.507. The standard InChI is InChI=1S/C15H11FN4O/c16-13-3-1-11(2-4-13)9-20-6-5-14(19-20)15(21)12-7-17-10-18-8-12/h1-8,10H,9H2. The number of aromatic nitrogens is 4. The first-order valence-corrected chi connectivity index (χ1v) is 6.30. The maximum Gasteiger partial charge on any atom is 0.216 e. The number of rotatable bonds is 4. The topological polar surface area (TPSA) is 60.7 Å². The molecule has 0 bridgehead atoms. The third kappa shape index (κ3) is 3.00. The SMILES string of the molecule is O=C(c1cncnc1)c1ccn(Cc2ccc(F)cc2)n1. The zero-order chi connectivity index (χ0) is 14.7. The highest BCUT2D eigenvalue weighted by Gasteiger charge is 2.12. The van der Waals surface area contributed by atoms with Gasteiger partial charge < -0.3 is 0 Å². The molecule has 0 saturated heterocycles. The Morgan fingerprint density at radius 2 is 1.81 bits per heavy atom. The summed E-state index contributed by atoms with van der Waals surface area (Å²) >= 11 is 0. The zero-order valence-corrected chi connectivity index (χ0v) is 11.0. The van der Waals surface area contributed by atoms with Gasteiger partial charge in [-0.05, 0) is 23.8 Å². The zero-order valence-electron chi connectivity index (χ0n) is 11.0.